The molecule has 2 atom stereocenters. The molecule has 20 heavy (non-hydrogen) atoms. The Balaban J connectivity index is 1.83. The van der Waals surface area contributed by atoms with Crippen LogP contribution in [0.25, 0.3) is 10.9 Å². The molecule has 104 valence electrons. The number of alkyl carbamates (subject to hydrolysis) is 1. The summed E-state index contributed by atoms with van der Waals surface area (Å²) in [6.07, 6.45) is -1.20. The van der Waals surface area contributed by atoms with Crippen molar-refractivity contribution < 1.29 is 18.7 Å². The Morgan fingerprint density at radius 1 is 1.50 bits per heavy atom. The first-order valence-corrected chi connectivity index (χ1v) is 5.96. The molecule has 1 aromatic carbocycles. The lowest BCUT2D eigenvalue weighted by Crippen LogP contribution is -2.42. The van der Waals surface area contributed by atoms with E-state index >= 15 is 0 Å². The first kappa shape index (κ1) is 12.4. The van der Waals surface area contributed by atoms with Crippen LogP contribution in [0.4, 0.5) is 15.0 Å². The maximum atomic E-state index is 13.0. The number of halogens is 1. The third-order valence-electron chi connectivity index (χ3n) is 3.08. The van der Waals surface area contributed by atoms with E-state index in [9.17, 15) is 14.0 Å². The number of carbonyl (C=O) groups is 2. The van der Waals surface area contributed by atoms with Crippen LogP contribution >= 0.6 is 0 Å². The number of amides is 2. The first-order valence-electron chi connectivity index (χ1n) is 5.96. The van der Waals surface area contributed by atoms with Crippen molar-refractivity contribution in [3.8, 4) is 0 Å². The smallest absolute Gasteiger partial charge is 0.408 e. The van der Waals surface area contributed by atoms with Crippen molar-refractivity contribution >= 4 is 28.7 Å². The molecule has 2 amide bonds. The van der Waals surface area contributed by atoms with Crippen molar-refractivity contribution in [2.75, 3.05) is 5.32 Å². The summed E-state index contributed by atoms with van der Waals surface area (Å²) in [6, 6.07) is 3.28. The van der Waals surface area contributed by atoms with Crippen LogP contribution in [0.2, 0.25) is 0 Å². The van der Waals surface area contributed by atoms with Gasteiger partial charge in [-0.2, -0.15) is 5.10 Å². The van der Waals surface area contributed by atoms with Gasteiger partial charge in [0, 0.05) is 5.39 Å². The Labute approximate surface area is 112 Å². The number of cyclic esters (lactones) is 1. The maximum Gasteiger partial charge on any atom is 0.408 e. The van der Waals surface area contributed by atoms with Crippen LogP contribution in [-0.2, 0) is 9.53 Å². The predicted octanol–water partition coefficient (Wildman–Crippen LogP) is 1.14. The maximum absolute atomic E-state index is 13.0. The van der Waals surface area contributed by atoms with Gasteiger partial charge in [0.1, 0.15) is 18.0 Å². The molecule has 0 bridgehead atoms. The van der Waals surface area contributed by atoms with Crippen LogP contribution in [0.3, 0.4) is 0 Å². The van der Waals surface area contributed by atoms with Crippen molar-refractivity contribution in [1.82, 2.24) is 15.5 Å². The largest absolute Gasteiger partial charge is 0.444 e. The zero-order valence-electron chi connectivity index (χ0n) is 10.4. The number of nitrogens with zero attached hydrogens (tertiary/aromatic N) is 1. The summed E-state index contributed by atoms with van der Waals surface area (Å²) in [6.45, 7) is 1.61. The average molecular weight is 278 g/mol. The van der Waals surface area contributed by atoms with Gasteiger partial charge < -0.3 is 15.4 Å². The van der Waals surface area contributed by atoms with E-state index < -0.39 is 30.0 Å². The van der Waals surface area contributed by atoms with Crippen LogP contribution in [0.15, 0.2) is 18.2 Å². The summed E-state index contributed by atoms with van der Waals surface area (Å²) >= 11 is 0. The Kier molecular flexibility index (Phi) is 2.78. The van der Waals surface area contributed by atoms with E-state index in [1.807, 2.05) is 0 Å². The lowest BCUT2D eigenvalue weighted by molar-refractivity contribution is -0.118. The van der Waals surface area contributed by atoms with E-state index in [1.165, 1.54) is 18.2 Å². The van der Waals surface area contributed by atoms with Crippen molar-refractivity contribution in [2.45, 2.75) is 19.1 Å². The molecule has 1 aromatic heterocycles. The van der Waals surface area contributed by atoms with Crippen molar-refractivity contribution in [3.05, 3.63) is 24.0 Å². The van der Waals surface area contributed by atoms with Crippen LogP contribution in [0.1, 0.15) is 6.92 Å². The van der Waals surface area contributed by atoms with Gasteiger partial charge in [-0.15, -0.1) is 0 Å². The number of aromatic nitrogens is 2. The van der Waals surface area contributed by atoms with E-state index in [4.69, 9.17) is 4.74 Å². The monoisotopic (exact) mass is 278 g/mol. The molecular formula is C12H11FN4O3. The summed E-state index contributed by atoms with van der Waals surface area (Å²) in [7, 11) is 0. The molecule has 2 heterocycles. The fraction of sp³-hybridized carbons (Fsp3) is 0.250. The molecule has 1 aliphatic heterocycles. The molecule has 1 aliphatic rings. The Morgan fingerprint density at radius 3 is 3.00 bits per heavy atom. The second kappa shape index (κ2) is 4.48. The lowest BCUT2D eigenvalue weighted by atomic mass is 10.2. The second-order valence-electron chi connectivity index (χ2n) is 4.48. The summed E-state index contributed by atoms with van der Waals surface area (Å²) in [5.41, 5.74) is 0.472. The standard InChI is InChI=1S/C12H11FN4O3/c1-5-9(14-12(19)20-5)11(18)15-10-7-3-2-6(13)4-8(7)16-17-10/h2-5,9H,1H3,(H,14,19)(H2,15,16,17,18). The number of H-pyrrole nitrogens is 1. The van der Waals surface area contributed by atoms with E-state index in [0.29, 0.717) is 10.9 Å². The fourth-order valence-electron chi connectivity index (χ4n) is 2.08. The van der Waals surface area contributed by atoms with Gasteiger partial charge in [0.2, 0.25) is 0 Å². The van der Waals surface area contributed by atoms with Gasteiger partial charge in [0.25, 0.3) is 5.91 Å². The Hall–Kier alpha value is -2.64. The molecule has 0 spiro atoms. The number of benzene rings is 1. The number of nitrogens with one attached hydrogen (secondary N) is 3. The SMILES string of the molecule is CC1OC(=O)NC1C(=O)Nc1n[nH]c2cc(F)ccc12. The molecule has 3 rings (SSSR count). The highest BCUT2D eigenvalue weighted by Gasteiger charge is 2.36. The van der Waals surface area contributed by atoms with Gasteiger partial charge >= 0.3 is 6.09 Å². The minimum absolute atomic E-state index is 0.276. The molecule has 0 aliphatic carbocycles. The van der Waals surface area contributed by atoms with Crippen LogP contribution in [-0.4, -0.2) is 34.3 Å². The molecule has 8 heteroatoms. The zero-order chi connectivity index (χ0) is 14.3. The minimum atomic E-state index is -0.783. The van der Waals surface area contributed by atoms with Gasteiger partial charge in [-0.25, -0.2) is 9.18 Å². The molecule has 0 radical (unpaired) electrons. The number of carbonyl (C=O) groups excluding carboxylic acids is 2. The number of hydrogen-bond acceptors (Lipinski definition) is 4. The zero-order valence-corrected chi connectivity index (χ0v) is 10.4. The molecule has 1 fully saturated rings. The molecule has 0 saturated carbocycles. The number of hydrogen-bond donors (Lipinski definition) is 3. The van der Waals surface area contributed by atoms with Crippen LogP contribution in [0, 0.1) is 5.82 Å². The summed E-state index contributed by atoms with van der Waals surface area (Å²) < 4.78 is 17.9. The Bertz CT molecular complexity index is 699. The molecule has 2 aromatic rings. The van der Waals surface area contributed by atoms with Crippen LogP contribution in [0.5, 0.6) is 0 Å². The van der Waals surface area contributed by atoms with Gasteiger partial charge in [-0.1, -0.05) is 0 Å². The molecule has 1 saturated heterocycles. The number of fused-ring (bicyclic) bond motifs is 1. The van der Waals surface area contributed by atoms with E-state index in [1.54, 1.807) is 6.92 Å². The highest BCUT2D eigenvalue weighted by atomic mass is 19.1. The molecule has 2 unspecified atom stereocenters. The highest BCUT2D eigenvalue weighted by Crippen LogP contribution is 2.21. The third-order valence-corrected chi connectivity index (χ3v) is 3.08. The first-order chi connectivity index (χ1) is 9.54. The van der Waals surface area contributed by atoms with Gasteiger partial charge in [0.15, 0.2) is 5.82 Å². The normalized spacial score (nSPS) is 21.6. The van der Waals surface area contributed by atoms with Crippen LogP contribution < -0.4 is 10.6 Å². The van der Waals surface area contributed by atoms with E-state index in [2.05, 4.69) is 20.8 Å². The topological polar surface area (TPSA) is 96.1 Å². The number of anilines is 1. The second-order valence-corrected chi connectivity index (χ2v) is 4.48. The third kappa shape index (κ3) is 2.04. The number of rotatable bonds is 2. The number of aromatic amines is 1. The molecule has 3 N–H and O–H groups in total. The van der Waals surface area contributed by atoms with E-state index in [-0.39, 0.29) is 5.82 Å². The average Bonchev–Trinajstić information content (AvgIpc) is 2.93. The van der Waals surface area contributed by atoms with Crippen molar-refractivity contribution in [2.24, 2.45) is 0 Å². The summed E-state index contributed by atoms with van der Waals surface area (Å²) in [5, 5.41) is 12.1. The Morgan fingerprint density at radius 2 is 2.30 bits per heavy atom. The van der Waals surface area contributed by atoms with E-state index in [0.717, 1.165) is 0 Å². The molecule has 7 nitrogen and oxygen atoms in total. The number of ether oxygens (including phenoxy) is 1. The summed E-state index contributed by atoms with van der Waals surface area (Å²) in [5.74, 6) is -0.566. The highest BCUT2D eigenvalue weighted by molar-refractivity contribution is 6.03. The van der Waals surface area contributed by atoms with Gasteiger partial charge in [0.05, 0.1) is 5.52 Å². The fourth-order valence-corrected chi connectivity index (χ4v) is 2.08. The molecular weight excluding hydrogens is 267 g/mol. The summed E-state index contributed by atoms with van der Waals surface area (Å²) in [4.78, 5) is 23.1. The van der Waals surface area contributed by atoms with Crippen molar-refractivity contribution in [3.63, 3.8) is 0 Å². The predicted molar refractivity (Wildman–Crippen MR) is 67.5 cm³/mol. The quantitative estimate of drug-likeness (QED) is 0.767. The lowest BCUT2D eigenvalue weighted by Gasteiger charge is -2.11. The van der Waals surface area contributed by atoms with Crippen molar-refractivity contribution in [1.29, 1.82) is 0 Å². The van der Waals surface area contributed by atoms with Gasteiger partial charge in [-0.3, -0.25) is 9.89 Å². The van der Waals surface area contributed by atoms with Gasteiger partial charge in [-0.05, 0) is 25.1 Å². The minimum Gasteiger partial charge on any atom is -0.444 e.